The Bertz CT molecular complexity index is 582. The number of para-hydroxylation sites is 1. The second-order valence-corrected chi connectivity index (χ2v) is 4.04. The van der Waals surface area contributed by atoms with Crippen LogP contribution in [0.1, 0.15) is 11.1 Å². The first-order chi connectivity index (χ1) is 9.20. The van der Waals surface area contributed by atoms with E-state index in [-0.39, 0.29) is 5.84 Å². The maximum atomic E-state index is 7.39. The van der Waals surface area contributed by atoms with E-state index in [1.54, 1.807) is 19.2 Å². The number of hydrogen-bond acceptors (Lipinski definition) is 3. The molecule has 0 aromatic heterocycles. The second-order valence-electron chi connectivity index (χ2n) is 4.04. The average molecular weight is 256 g/mol. The number of hydrogen-bond donors (Lipinski definition) is 2. The third-order valence-electron chi connectivity index (χ3n) is 2.73. The van der Waals surface area contributed by atoms with Crippen molar-refractivity contribution < 1.29 is 9.47 Å². The molecule has 0 aliphatic heterocycles. The molecule has 2 rings (SSSR count). The van der Waals surface area contributed by atoms with Gasteiger partial charge in [0.2, 0.25) is 0 Å². The van der Waals surface area contributed by atoms with E-state index in [2.05, 4.69) is 0 Å². The van der Waals surface area contributed by atoms with E-state index in [0.29, 0.717) is 17.9 Å². The third kappa shape index (κ3) is 3.25. The van der Waals surface area contributed by atoms with E-state index in [4.69, 9.17) is 20.6 Å². The number of ether oxygens (including phenoxy) is 2. The highest BCUT2D eigenvalue weighted by Gasteiger charge is 2.04. The van der Waals surface area contributed by atoms with Crippen molar-refractivity contribution in [3.05, 3.63) is 59.7 Å². The van der Waals surface area contributed by atoms with Crippen LogP contribution in [0.2, 0.25) is 0 Å². The Morgan fingerprint density at radius 3 is 2.68 bits per heavy atom. The molecule has 0 fully saturated rings. The summed E-state index contributed by atoms with van der Waals surface area (Å²) < 4.78 is 11.0. The number of nitrogens with two attached hydrogens (primary N) is 1. The first-order valence-corrected chi connectivity index (χ1v) is 5.90. The summed E-state index contributed by atoms with van der Waals surface area (Å²) >= 11 is 0. The number of amidine groups is 1. The highest BCUT2D eigenvalue weighted by Crippen LogP contribution is 2.20. The molecule has 0 amide bonds. The maximum Gasteiger partial charge on any atom is 0.125 e. The van der Waals surface area contributed by atoms with Gasteiger partial charge in [-0.2, -0.15) is 0 Å². The van der Waals surface area contributed by atoms with Gasteiger partial charge < -0.3 is 15.2 Å². The molecular formula is C15H16N2O2. The van der Waals surface area contributed by atoms with Crippen LogP contribution < -0.4 is 15.2 Å². The molecule has 0 bridgehead atoms. The molecule has 0 aliphatic rings. The molecule has 0 radical (unpaired) electrons. The Labute approximate surface area is 112 Å². The summed E-state index contributed by atoms with van der Waals surface area (Å²) in [5, 5.41) is 7.39. The van der Waals surface area contributed by atoms with Gasteiger partial charge in [-0.15, -0.1) is 0 Å². The van der Waals surface area contributed by atoms with Gasteiger partial charge in [0.25, 0.3) is 0 Å². The minimum atomic E-state index is 0.0303. The maximum absolute atomic E-state index is 7.39. The minimum absolute atomic E-state index is 0.0303. The van der Waals surface area contributed by atoms with Crippen molar-refractivity contribution in [2.45, 2.75) is 6.61 Å². The SMILES string of the molecule is COc1ccccc1COc1cccc(C(=N)N)c1. The lowest BCUT2D eigenvalue weighted by Gasteiger charge is -2.10. The first-order valence-electron chi connectivity index (χ1n) is 5.90. The van der Waals surface area contributed by atoms with Crippen LogP contribution >= 0.6 is 0 Å². The topological polar surface area (TPSA) is 68.3 Å². The summed E-state index contributed by atoms with van der Waals surface area (Å²) in [5.74, 6) is 1.51. The molecule has 2 aromatic carbocycles. The van der Waals surface area contributed by atoms with Gasteiger partial charge in [-0.05, 0) is 18.2 Å². The molecular weight excluding hydrogens is 240 g/mol. The van der Waals surface area contributed by atoms with Crippen LogP contribution in [0.3, 0.4) is 0 Å². The largest absolute Gasteiger partial charge is 0.496 e. The second kappa shape index (κ2) is 5.91. The molecule has 2 aromatic rings. The molecule has 0 saturated carbocycles. The van der Waals surface area contributed by atoms with Crippen molar-refractivity contribution in [3.63, 3.8) is 0 Å². The molecule has 4 heteroatoms. The summed E-state index contributed by atoms with van der Waals surface area (Å²) in [6, 6.07) is 14.9. The van der Waals surface area contributed by atoms with Gasteiger partial charge in [-0.25, -0.2) is 0 Å². The van der Waals surface area contributed by atoms with Crippen LogP contribution in [0.5, 0.6) is 11.5 Å². The number of nitrogens with one attached hydrogen (secondary N) is 1. The Balaban J connectivity index is 2.10. The van der Waals surface area contributed by atoms with E-state index in [1.807, 2.05) is 36.4 Å². The van der Waals surface area contributed by atoms with Crippen molar-refractivity contribution in [1.82, 2.24) is 0 Å². The zero-order valence-corrected chi connectivity index (χ0v) is 10.7. The molecule has 0 unspecified atom stereocenters. The molecule has 0 saturated heterocycles. The van der Waals surface area contributed by atoms with Gasteiger partial charge in [0.1, 0.15) is 23.9 Å². The van der Waals surface area contributed by atoms with E-state index in [0.717, 1.165) is 11.3 Å². The monoisotopic (exact) mass is 256 g/mol. The lowest BCUT2D eigenvalue weighted by molar-refractivity contribution is 0.296. The lowest BCUT2D eigenvalue weighted by atomic mass is 10.2. The van der Waals surface area contributed by atoms with Gasteiger partial charge >= 0.3 is 0 Å². The van der Waals surface area contributed by atoms with Crippen molar-refractivity contribution in [2.75, 3.05) is 7.11 Å². The van der Waals surface area contributed by atoms with Crippen molar-refractivity contribution in [2.24, 2.45) is 5.73 Å². The van der Waals surface area contributed by atoms with Crippen LogP contribution in [-0.4, -0.2) is 12.9 Å². The van der Waals surface area contributed by atoms with Crippen LogP contribution in [0, 0.1) is 5.41 Å². The predicted molar refractivity (Wildman–Crippen MR) is 74.8 cm³/mol. The summed E-state index contributed by atoms with van der Waals surface area (Å²) in [7, 11) is 1.63. The fourth-order valence-electron chi connectivity index (χ4n) is 1.74. The van der Waals surface area contributed by atoms with Crippen molar-refractivity contribution in [3.8, 4) is 11.5 Å². The van der Waals surface area contributed by atoms with Crippen LogP contribution in [-0.2, 0) is 6.61 Å². The van der Waals surface area contributed by atoms with E-state index >= 15 is 0 Å². The molecule has 0 heterocycles. The van der Waals surface area contributed by atoms with Crippen molar-refractivity contribution >= 4 is 5.84 Å². The van der Waals surface area contributed by atoms with E-state index in [1.165, 1.54) is 0 Å². The highest BCUT2D eigenvalue weighted by atomic mass is 16.5. The number of benzene rings is 2. The highest BCUT2D eigenvalue weighted by molar-refractivity contribution is 5.95. The molecule has 3 N–H and O–H groups in total. The lowest BCUT2D eigenvalue weighted by Crippen LogP contribution is -2.10. The summed E-state index contributed by atoms with van der Waals surface area (Å²) in [5.41, 5.74) is 7.06. The third-order valence-corrected chi connectivity index (χ3v) is 2.73. The standard InChI is InChI=1S/C15H16N2O2/c1-18-14-8-3-2-5-12(14)10-19-13-7-4-6-11(9-13)15(16)17/h2-9H,10H2,1H3,(H3,16,17). The zero-order chi connectivity index (χ0) is 13.7. The molecule has 0 spiro atoms. The molecule has 19 heavy (non-hydrogen) atoms. The number of methoxy groups -OCH3 is 1. The normalized spacial score (nSPS) is 9.95. The van der Waals surface area contributed by atoms with Gasteiger partial charge in [-0.1, -0.05) is 30.3 Å². The van der Waals surface area contributed by atoms with Crippen molar-refractivity contribution in [1.29, 1.82) is 5.41 Å². The van der Waals surface area contributed by atoms with Gasteiger partial charge in [0, 0.05) is 11.1 Å². The fraction of sp³-hybridized carbons (Fsp3) is 0.133. The number of rotatable bonds is 5. The van der Waals surface area contributed by atoms with Gasteiger partial charge in [-0.3, -0.25) is 5.41 Å². The minimum Gasteiger partial charge on any atom is -0.496 e. The molecule has 0 aliphatic carbocycles. The Kier molecular flexibility index (Phi) is 4.03. The predicted octanol–water partition coefficient (Wildman–Crippen LogP) is 2.56. The van der Waals surface area contributed by atoms with E-state index in [9.17, 15) is 0 Å². The quantitative estimate of drug-likeness (QED) is 0.638. The fourth-order valence-corrected chi connectivity index (χ4v) is 1.74. The molecule has 98 valence electrons. The smallest absolute Gasteiger partial charge is 0.125 e. The van der Waals surface area contributed by atoms with Gasteiger partial charge in [0.05, 0.1) is 7.11 Å². The number of nitrogen functional groups attached to an aromatic ring is 1. The Morgan fingerprint density at radius 2 is 1.95 bits per heavy atom. The van der Waals surface area contributed by atoms with Crippen LogP contribution in [0.4, 0.5) is 0 Å². The average Bonchev–Trinajstić information content (AvgIpc) is 2.45. The summed E-state index contributed by atoms with van der Waals surface area (Å²) in [6.45, 7) is 0.408. The van der Waals surface area contributed by atoms with Crippen LogP contribution in [0.15, 0.2) is 48.5 Å². The Morgan fingerprint density at radius 1 is 1.16 bits per heavy atom. The molecule has 0 atom stereocenters. The van der Waals surface area contributed by atoms with Crippen LogP contribution in [0.25, 0.3) is 0 Å². The zero-order valence-electron chi connectivity index (χ0n) is 10.7. The molecule has 4 nitrogen and oxygen atoms in total. The first kappa shape index (κ1) is 13.0. The van der Waals surface area contributed by atoms with Gasteiger partial charge in [0.15, 0.2) is 0 Å². The Hall–Kier alpha value is -2.49. The summed E-state index contributed by atoms with van der Waals surface area (Å²) in [6.07, 6.45) is 0. The summed E-state index contributed by atoms with van der Waals surface area (Å²) in [4.78, 5) is 0. The van der Waals surface area contributed by atoms with E-state index < -0.39 is 0 Å².